The van der Waals surface area contributed by atoms with E-state index < -0.39 is 12.1 Å². The van der Waals surface area contributed by atoms with Gasteiger partial charge in [-0.1, -0.05) is 90.4 Å². The van der Waals surface area contributed by atoms with E-state index in [-0.39, 0.29) is 42.8 Å². The summed E-state index contributed by atoms with van der Waals surface area (Å²) in [7, 11) is 6.11. The molecule has 3 amide bonds. The number of ether oxygens (including phenoxy) is 3. The summed E-state index contributed by atoms with van der Waals surface area (Å²) in [5.41, 5.74) is 0. The molecule has 8 nitrogen and oxygen atoms in total. The molecule has 0 aromatic carbocycles. The number of carbonyl (C=O) groups excluding carboxylic acids is 2. The average Bonchev–Trinajstić information content (AvgIpc) is 3.29. The molecule has 1 heterocycles. The van der Waals surface area contributed by atoms with Gasteiger partial charge in [0.05, 0.1) is 53.0 Å². The molecule has 0 aromatic heterocycles. The molecule has 0 unspecified atom stereocenters. The number of halogens is 1. The number of imide groups is 1. The normalized spacial score (nSPS) is 17.2. The largest absolute Gasteiger partial charge is 1.00 e. The van der Waals surface area contributed by atoms with Crippen LogP contribution in [0.5, 0.6) is 0 Å². The fourth-order valence-electron chi connectivity index (χ4n) is 4.49. The smallest absolute Gasteiger partial charge is 0.415 e. The van der Waals surface area contributed by atoms with E-state index in [0.29, 0.717) is 13.2 Å². The Labute approximate surface area is 250 Å². The van der Waals surface area contributed by atoms with E-state index in [1.165, 1.54) is 83.5 Å². The molecule has 0 bridgehead atoms. The molecule has 2 atom stereocenters. The van der Waals surface area contributed by atoms with Crippen LogP contribution in [0.25, 0.3) is 0 Å². The summed E-state index contributed by atoms with van der Waals surface area (Å²) >= 11 is 0. The molecule has 38 heavy (non-hydrogen) atoms. The molecule has 1 saturated heterocycles. The van der Waals surface area contributed by atoms with Crippen molar-refractivity contribution in [2.45, 2.75) is 122 Å². The maximum absolute atomic E-state index is 11.8. The minimum atomic E-state index is -0.746. The zero-order chi connectivity index (χ0) is 27.2. The molecule has 1 aliphatic heterocycles. The highest BCUT2D eigenvalue weighted by atomic mass is 127. The molecule has 2 N–H and O–H groups in total. The maximum atomic E-state index is 11.8. The van der Waals surface area contributed by atoms with E-state index >= 15 is 0 Å². The van der Waals surface area contributed by atoms with Crippen LogP contribution in [-0.2, 0) is 14.2 Å². The first-order chi connectivity index (χ1) is 17.8. The number of hydrogen-bond donors (Lipinski definition) is 2. The van der Waals surface area contributed by atoms with Crippen molar-refractivity contribution in [3.63, 3.8) is 0 Å². The van der Waals surface area contributed by atoms with Gasteiger partial charge in [0.15, 0.2) is 0 Å². The third-order valence-electron chi connectivity index (χ3n) is 6.83. The number of carbonyl (C=O) groups is 2. The highest BCUT2D eigenvalue weighted by Crippen LogP contribution is 2.20. The highest BCUT2D eigenvalue weighted by Gasteiger charge is 2.26. The minimum absolute atomic E-state index is 0. The lowest BCUT2D eigenvalue weighted by molar-refractivity contribution is -0.869. The fraction of sp³-hybridized carbons (Fsp3) is 0.931. The summed E-state index contributed by atoms with van der Waals surface area (Å²) in [6.45, 7) is 5.04. The Balaban J connectivity index is 0.0000137. The van der Waals surface area contributed by atoms with Gasteiger partial charge < -0.3 is 48.0 Å². The molecule has 0 saturated carbocycles. The fourth-order valence-corrected chi connectivity index (χ4v) is 4.49. The second kappa shape index (κ2) is 24.2. The predicted molar refractivity (Wildman–Crippen MR) is 150 cm³/mol. The molecule has 1 rings (SSSR count). The number of nitrogens with one attached hydrogen (secondary N) is 2. The summed E-state index contributed by atoms with van der Waals surface area (Å²) < 4.78 is 17.6. The van der Waals surface area contributed by atoms with Crippen molar-refractivity contribution < 1.29 is 52.3 Å². The summed E-state index contributed by atoms with van der Waals surface area (Å²) in [4.78, 5) is 23.5. The van der Waals surface area contributed by atoms with Crippen LogP contribution in [0.15, 0.2) is 0 Å². The highest BCUT2D eigenvalue weighted by molar-refractivity contribution is 5.90. The summed E-state index contributed by atoms with van der Waals surface area (Å²) in [5.74, 6) is 0. The molecule has 9 heteroatoms. The first kappa shape index (κ1) is 37.4. The van der Waals surface area contributed by atoms with Crippen LogP contribution < -0.4 is 34.6 Å². The monoisotopic (exact) mass is 655 g/mol. The van der Waals surface area contributed by atoms with E-state index in [1.807, 2.05) is 21.1 Å². The van der Waals surface area contributed by atoms with E-state index in [2.05, 4.69) is 17.6 Å². The Bertz CT molecular complexity index is 589. The van der Waals surface area contributed by atoms with Crippen molar-refractivity contribution >= 4 is 12.1 Å². The van der Waals surface area contributed by atoms with E-state index in [9.17, 15) is 9.59 Å². The average molecular weight is 656 g/mol. The Hall–Kier alpha value is -0.650. The number of amides is 3. The summed E-state index contributed by atoms with van der Waals surface area (Å²) in [6, 6.07) is -0.541. The van der Waals surface area contributed by atoms with Crippen LogP contribution in [0.4, 0.5) is 9.59 Å². The van der Waals surface area contributed by atoms with Gasteiger partial charge in [0.1, 0.15) is 6.61 Å². The predicted octanol–water partition coefficient (Wildman–Crippen LogP) is 3.18. The second-order valence-electron chi connectivity index (χ2n) is 11.6. The van der Waals surface area contributed by atoms with Crippen molar-refractivity contribution in [3.05, 3.63) is 0 Å². The zero-order valence-electron chi connectivity index (χ0n) is 24.9. The van der Waals surface area contributed by atoms with Crippen LogP contribution >= 0.6 is 0 Å². The number of nitrogens with zero attached hydrogens (tertiary/aromatic N) is 1. The third kappa shape index (κ3) is 23.3. The van der Waals surface area contributed by atoms with E-state index in [0.717, 1.165) is 36.9 Å². The van der Waals surface area contributed by atoms with E-state index in [1.54, 1.807) is 0 Å². The number of hydrogen-bond acceptors (Lipinski definition) is 5. The molecule has 0 spiro atoms. The molecule has 226 valence electrons. The number of likely N-dealkylation sites (N-methyl/N-ethyl adjacent to an activating group) is 1. The number of unbranched alkanes of at least 4 members (excludes halogenated alkanes) is 13. The van der Waals surface area contributed by atoms with Crippen molar-refractivity contribution in [2.75, 3.05) is 54.1 Å². The molecule has 0 aromatic rings. The number of rotatable bonds is 22. The first-order valence-electron chi connectivity index (χ1n) is 15.1. The van der Waals surface area contributed by atoms with Crippen LogP contribution in [-0.4, -0.2) is 82.9 Å². The lowest BCUT2D eigenvalue weighted by Gasteiger charge is -2.23. The first-order valence-corrected chi connectivity index (χ1v) is 15.1. The summed E-state index contributed by atoms with van der Waals surface area (Å²) in [5, 5.41) is 4.84. The molecular formula is C29H58IN3O5. The van der Waals surface area contributed by atoms with Crippen molar-refractivity contribution in [1.82, 2.24) is 10.6 Å². The van der Waals surface area contributed by atoms with Crippen LogP contribution in [0.2, 0.25) is 0 Å². The van der Waals surface area contributed by atoms with Gasteiger partial charge in [-0.15, -0.1) is 0 Å². The molecule has 1 aliphatic rings. The standard InChI is InChI=1S/C29H57N3O5.HI/c1-5-6-7-8-9-10-11-12-13-14-15-16-17-18-23-35-24-26-19-20-27(37-26)25-36-29(34)31-28(33)30-21-22-32(2,3)4;/h26-27H,5-25H2,1-4H3,(H-,30,31,33,34);1H/t26-,27+;/m1./s1. The SMILES string of the molecule is CCCCCCCCCCCCCCCCOC[C@H]1CC[C@@H](COC(=O)NC(=O)NCC[N+](C)(C)C)O1.[I-]. The van der Waals surface area contributed by atoms with Crippen LogP contribution in [0, 0.1) is 0 Å². The van der Waals surface area contributed by atoms with Crippen molar-refractivity contribution in [1.29, 1.82) is 0 Å². The Morgan fingerprint density at radius 3 is 1.82 bits per heavy atom. The lowest BCUT2D eigenvalue weighted by Crippen LogP contribution is -3.00. The quantitative estimate of drug-likeness (QED) is 0.106. The van der Waals surface area contributed by atoms with Crippen molar-refractivity contribution in [2.24, 2.45) is 0 Å². The number of urea groups is 1. The van der Waals surface area contributed by atoms with Crippen LogP contribution in [0.1, 0.15) is 110 Å². The number of alkyl carbamates (subject to hydrolysis) is 1. The van der Waals surface area contributed by atoms with Gasteiger partial charge in [0, 0.05) is 6.61 Å². The lowest BCUT2D eigenvalue weighted by atomic mass is 10.0. The second-order valence-corrected chi connectivity index (χ2v) is 11.6. The van der Waals surface area contributed by atoms with Gasteiger partial charge >= 0.3 is 12.1 Å². The Morgan fingerprint density at radius 1 is 0.789 bits per heavy atom. The van der Waals surface area contributed by atoms with E-state index in [4.69, 9.17) is 14.2 Å². The molecule has 0 radical (unpaired) electrons. The molecular weight excluding hydrogens is 597 g/mol. The Morgan fingerprint density at radius 2 is 1.29 bits per heavy atom. The minimum Gasteiger partial charge on any atom is -1.00 e. The van der Waals surface area contributed by atoms with Gasteiger partial charge in [-0.3, -0.25) is 0 Å². The maximum Gasteiger partial charge on any atom is 0.415 e. The molecule has 0 aliphatic carbocycles. The van der Waals surface area contributed by atoms with Gasteiger partial charge in [0.2, 0.25) is 0 Å². The number of quaternary nitrogens is 1. The topological polar surface area (TPSA) is 85.9 Å². The zero-order valence-corrected chi connectivity index (χ0v) is 27.0. The van der Waals surface area contributed by atoms with Gasteiger partial charge in [-0.05, 0) is 19.3 Å². The van der Waals surface area contributed by atoms with Gasteiger partial charge in [0.25, 0.3) is 0 Å². The van der Waals surface area contributed by atoms with Crippen molar-refractivity contribution in [3.8, 4) is 0 Å². The Kier molecular flexibility index (Phi) is 23.8. The third-order valence-corrected chi connectivity index (χ3v) is 6.83. The molecule has 1 fully saturated rings. The summed E-state index contributed by atoms with van der Waals surface area (Å²) in [6.07, 6.45) is 19.9. The van der Waals surface area contributed by atoms with Gasteiger partial charge in [-0.2, -0.15) is 0 Å². The van der Waals surface area contributed by atoms with Crippen LogP contribution in [0.3, 0.4) is 0 Å². The van der Waals surface area contributed by atoms with Gasteiger partial charge in [-0.25, -0.2) is 14.9 Å².